The second-order valence-electron chi connectivity index (χ2n) is 6.05. The quantitative estimate of drug-likeness (QED) is 0.388. The Labute approximate surface area is 169 Å². The Morgan fingerprint density at radius 1 is 1.13 bits per heavy atom. The average Bonchev–Trinajstić information content (AvgIpc) is 2.86. The van der Waals surface area contributed by atoms with E-state index in [1.54, 1.807) is 23.3 Å². The summed E-state index contributed by atoms with van der Waals surface area (Å²) in [5.74, 6) is 0. The Hall–Kier alpha value is -0.0100. The molecule has 0 radical (unpaired) electrons. The summed E-state index contributed by atoms with van der Waals surface area (Å²) < 4.78 is 0. The van der Waals surface area contributed by atoms with Crippen LogP contribution in [0.2, 0.25) is 13.1 Å². The van der Waals surface area contributed by atoms with Gasteiger partial charge in [0.25, 0.3) is 0 Å². The van der Waals surface area contributed by atoms with Crippen LogP contribution in [0.15, 0.2) is 60.7 Å². The molecule has 3 rings (SSSR count). The maximum Gasteiger partial charge on any atom is -0.0809 e. The van der Waals surface area contributed by atoms with Crippen molar-refractivity contribution in [2.75, 3.05) is 0 Å². The third-order valence-corrected chi connectivity index (χ3v) is 2.92. The van der Waals surface area contributed by atoms with E-state index in [9.17, 15) is 0 Å². The zero-order chi connectivity index (χ0) is 15.7. The minimum absolute atomic E-state index is 0. The third kappa shape index (κ3) is 12.1. The zero-order valence-corrected chi connectivity index (χ0v) is 19.2. The smallest absolute Gasteiger partial charge is 0.0809 e. The summed E-state index contributed by atoms with van der Waals surface area (Å²) in [5.41, 5.74) is 0.591. The molecule has 0 spiro atoms. The normalized spacial score (nSPS) is 13.5. The van der Waals surface area contributed by atoms with E-state index in [0.29, 0.717) is 5.41 Å². The van der Waals surface area contributed by atoms with Crippen LogP contribution in [0.1, 0.15) is 20.3 Å². The van der Waals surface area contributed by atoms with E-state index in [1.807, 2.05) is 6.08 Å². The topological polar surface area (TPSA) is 0 Å². The van der Waals surface area contributed by atoms with Crippen molar-refractivity contribution in [1.29, 1.82) is 0 Å². The van der Waals surface area contributed by atoms with Crippen LogP contribution in [-0.4, -0.2) is 5.43 Å². The van der Waals surface area contributed by atoms with Crippen molar-refractivity contribution < 1.29 is 48.1 Å². The molecule has 124 valence electrons. The minimum Gasteiger partial charge on any atom is -1.00 e. The number of halogens is 2. The number of hydrogen-bond acceptors (Lipinski definition) is 0. The van der Waals surface area contributed by atoms with Crippen molar-refractivity contribution in [3.8, 4) is 0 Å². The number of rotatable bonds is 0. The summed E-state index contributed by atoms with van der Waals surface area (Å²) in [4.78, 5) is 0. The van der Waals surface area contributed by atoms with Gasteiger partial charge in [-0.1, -0.05) is 31.7 Å². The molecule has 0 bridgehead atoms. The fourth-order valence-electron chi connectivity index (χ4n) is 1.80. The zero-order valence-electron chi connectivity index (χ0n) is 14.2. The molecule has 0 saturated carbocycles. The van der Waals surface area contributed by atoms with Gasteiger partial charge in [0.15, 0.2) is 0 Å². The summed E-state index contributed by atoms with van der Waals surface area (Å²) >= 11 is 1.74. The van der Waals surface area contributed by atoms with Gasteiger partial charge in [0, 0.05) is 0 Å². The molecule has 23 heavy (non-hydrogen) atoms. The van der Waals surface area contributed by atoms with Crippen LogP contribution in [0.4, 0.5) is 0 Å². The van der Waals surface area contributed by atoms with Gasteiger partial charge in [-0.05, 0) is 0 Å². The van der Waals surface area contributed by atoms with Crippen LogP contribution in [0, 0.1) is 11.5 Å². The molecule has 1 aliphatic rings. The molecule has 0 heterocycles. The molecule has 0 fully saturated rings. The maximum absolute atomic E-state index is 3.03. The van der Waals surface area contributed by atoms with Crippen molar-refractivity contribution in [2.24, 2.45) is 5.41 Å². The van der Waals surface area contributed by atoms with Gasteiger partial charge in [-0.25, -0.2) is 12.2 Å². The first-order chi connectivity index (χ1) is 9.91. The van der Waals surface area contributed by atoms with E-state index >= 15 is 0 Å². The molecule has 0 atom stereocenters. The molecule has 4 heteroatoms. The first-order valence-corrected chi connectivity index (χ1v) is 13.5. The summed E-state index contributed by atoms with van der Waals surface area (Å²) in [7, 11) is 0. The van der Waals surface area contributed by atoms with Gasteiger partial charge in [0.1, 0.15) is 0 Å². The Bertz CT molecular complexity index is 593. The average molecular weight is 443 g/mol. The second kappa shape index (κ2) is 13.3. The predicted molar refractivity (Wildman–Crippen MR) is 92.4 cm³/mol. The van der Waals surface area contributed by atoms with Crippen molar-refractivity contribution in [3.63, 3.8) is 0 Å². The van der Waals surface area contributed by atoms with E-state index in [2.05, 4.69) is 87.6 Å². The van der Waals surface area contributed by atoms with E-state index in [1.165, 1.54) is 10.8 Å². The number of benzene rings is 1. The van der Waals surface area contributed by atoms with Gasteiger partial charge >= 0.3 is 41.9 Å². The molecular formula is C19H24Cl2SiZr-2. The fourth-order valence-corrected chi connectivity index (χ4v) is 1.80. The van der Waals surface area contributed by atoms with Gasteiger partial charge in [0.2, 0.25) is 0 Å². The monoisotopic (exact) mass is 440 g/mol. The summed E-state index contributed by atoms with van der Waals surface area (Å²) in [6.07, 6.45) is 10.4. The molecule has 2 aromatic carbocycles. The van der Waals surface area contributed by atoms with Crippen LogP contribution in [0.5, 0.6) is 0 Å². The van der Waals surface area contributed by atoms with Crippen LogP contribution in [0.25, 0.3) is 10.8 Å². The summed E-state index contributed by atoms with van der Waals surface area (Å²) in [6.45, 7) is 9.06. The van der Waals surface area contributed by atoms with Gasteiger partial charge in [-0.2, -0.15) is 23.6 Å². The Balaban J connectivity index is 0. The molecule has 0 N–H and O–H groups in total. The molecule has 0 aliphatic heterocycles. The molecule has 1 aliphatic carbocycles. The van der Waals surface area contributed by atoms with E-state index in [-0.39, 0.29) is 30.2 Å². The van der Waals surface area contributed by atoms with Gasteiger partial charge in [-0.3, -0.25) is 6.08 Å². The largest absolute Gasteiger partial charge is 1.00 e. The third-order valence-electron chi connectivity index (χ3n) is 2.92. The Kier molecular flexibility index (Phi) is 14.6. The molecule has 0 amide bonds. The number of hydrogen-bond donors (Lipinski definition) is 0. The van der Waals surface area contributed by atoms with Crippen molar-refractivity contribution in [1.82, 2.24) is 0 Å². The summed E-state index contributed by atoms with van der Waals surface area (Å²) in [6, 6.07) is 14.7. The van der Waals surface area contributed by atoms with Crippen molar-refractivity contribution >= 4 is 16.2 Å². The van der Waals surface area contributed by atoms with Gasteiger partial charge in [0.05, 0.1) is 0 Å². The standard InChI is InChI=1S/C9H7.C8H11.C2H6Si.2ClH.Zr/c1-2-5-9-7-3-6-8(9)4-1;1-8(2)6-4-3-5-7-8;1-3-2;;;/h1-7H;4-6H,7H2,1-2H3;1-2H3;2*1H;/q2*-1;;;;+2/p-2. The van der Waals surface area contributed by atoms with Gasteiger partial charge < -0.3 is 24.8 Å². The van der Waals surface area contributed by atoms with Crippen molar-refractivity contribution in [2.45, 2.75) is 33.4 Å². The van der Waals surface area contributed by atoms with E-state index < -0.39 is 0 Å². The predicted octanol–water partition coefficient (Wildman–Crippen LogP) is -0.317. The summed E-state index contributed by atoms with van der Waals surface area (Å²) in [5, 5.41) is 2.66. The second-order valence-corrected chi connectivity index (χ2v) is 15.4. The van der Waals surface area contributed by atoms with Crippen LogP contribution >= 0.6 is 0 Å². The Morgan fingerprint density at radius 3 is 2.17 bits per heavy atom. The molecule has 0 nitrogen and oxygen atoms in total. The van der Waals surface area contributed by atoms with Gasteiger partial charge in [-0.15, -0.1) is 29.7 Å². The molecule has 0 aromatic heterocycles. The van der Waals surface area contributed by atoms with Crippen LogP contribution in [-0.2, 0) is 23.3 Å². The Morgan fingerprint density at radius 2 is 1.74 bits per heavy atom. The SMILES string of the molecule is CC1(C)C=C[C-]=CC1.C[Si](C)=[Zr+2].[Cl-].[Cl-].c1ccc2[cH-]ccc2c1. The number of allylic oxidation sites excluding steroid dienone is 4. The molecule has 0 unspecified atom stereocenters. The number of fused-ring (bicyclic) bond motifs is 1. The van der Waals surface area contributed by atoms with E-state index in [4.69, 9.17) is 0 Å². The minimum atomic E-state index is 0. The van der Waals surface area contributed by atoms with Crippen LogP contribution in [0.3, 0.4) is 0 Å². The first kappa shape index (κ1) is 25.2. The molecule has 2 aromatic rings. The fraction of sp³-hybridized carbons (Fsp3) is 0.316. The molecular weight excluding hydrogens is 418 g/mol. The van der Waals surface area contributed by atoms with Crippen LogP contribution < -0.4 is 24.8 Å². The maximum atomic E-state index is 3.03. The molecule has 0 saturated heterocycles. The van der Waals surface area contributed by atoms with E-state index in [0.717, 1.165) is 6.42 Å². The van der Waals surface area contributed by atoms with Crippen molar-refractivity contribution in [3.05, 3.63) is 66.8 Å². The first-order valence-electron chi connectivity index (χ1n) is 7.28.